The van der Waals surface area contributed by atoms with Gasteiger partial charge in [-0.25, -0.2) is 4.79 Å². The summed E-state index contributed by atoms with van der Waals surface area (Å²) in [4.78, 5) is 36.1. The van der Waals surface area contributed by atoms with Crippen molar-refractivity contribution in [1.29, 1.82) is 0 Å². The summed E-state index contributed by atoms with van der Waals surface area (Å²) < 4.78 is 9.92. The molecule has 1 amide bonds. The number of ether oxygens (including phenoxy) is 2. The summed E-state index contributed by atoms with van der Waals surface area (Å²) >= 11 is 0. The van der Waals surface area contributed by atoms with Crippen LogP contribution < -0.4 is 4.74 Å². The van der Waals surface area contributed by atoms with Crippen LogP contribution in [0.25, 0.3) is 0 Å². The highest BCUT2D eigenvalue weighted by atomic mass is 16.6. The molecule has 0 atom stereocenters. The standard InChI is InChI=1S/C17H22N2O6/c1-24-17(21)13-7-8-15(14(11-13)19(22)23)25-12-16(20)18-9-5-3-2-4-6-10-18/h7-8,11H,2-6,9-10,12H2,1H3. The Morgan fingerprint density at radius 2 is 1.80 bits per heavy atom. The lowest BCUT2D eigenvalue weighted by molar-refractivity contribution is -0.385. The van der Waals surface area contributed by atoms with Crippen LogP contribution in [0.2, 0.25) is 0 Å². The highest BCUT2D eigenvalue weighted by Gasteiger charge is 2.21. The fourth-order valence-corrected chi connectivity index (χ4v) is 2.75. The highest BCUT2D eigenvalue weighted by Crippen LogP contribution is 2.28. The lowest BCUT2D eigenvalue weighted by Crippen LogP contribution is -2.37. The number of methoxy groups -OCH3 is 1. The fourth-order valence-electron chi connectivity index (χ4n) is 2.75. The first-order valence-corrected chi connectivity index (χ1v) is 8.30. The van der Waals surface area contributed by atoms with Crippen LogP contribution in [0, 0.1) is 10.1 Å². The zero-order chi connectivity index (χ0) is 18.2. The number of likely N-dealkylation sites (tertiary alicyclic amines) is 1. The van der Waals surface area contributed by atoms with Crippen LogP contribution in [0.1, 0.15) is 42.5 Å². The fraction of sp³-hybridized carbons (Fsp3) is 0.529. The summed E-state index contributed by atoms with van der Waals surface area (Å²) in [5.41, 5.74) is -0.319. The first-order chi connectivity index (χ1) is 12.0. The van der Waals surface area contributed by atoms with E-state index in [2.05, 4.69) is 4.74 Å². The van der Waals surface area contributed by atoms with Crippen LogP contribution in [0.15, 0.2) is 18.2 Å². The van der Waals surface area contributed by atoms with E-state index in [1.54, 1.807) is 4.90 Å². The molecule has 0 unspecified atom stereocenters. The number of esters is 1. The van der Waals surface area contributed by atoms with Gasteiger partial charge in [-0.1, -0.05) is 19.3 Å². The lowest BCUT2D eigenvalue weighted by Gasteiger charge is -2.24. The molecule has 136 valence electrons. The maximum absolute atomic E-state index is 12.3. The number of benzene rings is 1. The molecule has 0 spiro atoms. The Bertz CT molecular complexity index is 638. The van der Waals surface area contributed by atoms with Crippen molar-refractivity contribution in [1.82, 2.24) is 4.90 Å². The third-order valence-electron chi connectivity index (χ3n) is 4.14. The van der Waals surface area contributed by atoms with Crippen LogP contribution in [-0.4, -0.2) is 48.5 Å². The Morgan fingerprint density at radius 3 is 2.40 bits per heavy atom. The minimum atomic E-state index is -0.675. The van der Waals surface area contributed by atoms with Crippen molar-refractivity contribution in [2.24, 2.45) is 0 Å². The smallest absolute Gasteiger partial charge is 0.338 e. The third kappa shape index (κ3) is 5.17. The molecule has 1 aromatic carbocycles. The zero-order valence-corrected chi connectivity index (χ0v) is 14.2. The minimum Gasteiger partial charge on any atom is -0.477 e. The third-order valence-corrected chi connectivity index (χ3v) is 4.14. The van der Waals surface area contributed by atoms with Crippen LogP contribution >= 0.6 is 0 Å². The summed E-state index contributed by atoms with van der Waals surface area (Å²) in [5, 5.41) is 11.2. The van der Waals surface area contributed by atoms with Gasteiger partial charge in [-0.05, 0) is 25.0 Å². The number of hydrogen-bond acceptors (Lipinski definition) is 6. The number of nitro groups is 1. The van der Waals surface area contributed by atoms with E-state index in [0.29, 0.717) is 13.1 Å². The summed E-state index contributed by atoms with van der Waals surface area (Å²) in [7, 11) is 1.20. The van der Waals surface area contributed by atoms with E-state index in [1.165, 1.54) is 25.7 Å². The number of carbonyl (C=O) groups excluding carboxylic acids is 2. The van der Waals surface area contributed by atoms with Gasteiger partial charge in [0.1, 0.15) is 0 Å². The van der Waals surface area contributed by atoms with Crippen LogP contribution in [0.4, 0.5) is 5.69 Å². The van der Waals surface area contributed by atoms with Crippen LogP contribution in [-0.2, 0) is 9.53 Å². The van der Waals surface area contributed by atoms with E-state index in [9.17, 15) is 19.7 Å². The largest absolute Gasteiger partial charge is 0.477 e. The number of hydrogen-bond donors (Lipinski definition) is 0. The van der Waals surface area contributed by atoms with Crippen molar-refractivity contribution < 1.29 is 24.0 Å². The molecule has 8 nitrogen and oxygen atoms in total. The highest BCUT2D eigenvalue weighted by molar-refractivity contribution is 5.90. The maximum atomic E-state index is 12.3. The predicted molar refractivity (Wildman–Crippen MR) is 89.6 cm³/mol. The molecule has 25 heavy (non-hydrogen) atoms. The van der Waals surface area contributed by atoms with E-state index in [0.717, 1.165) is 31.7 Å². The molecule has 1 heterocycles. The predicted octanol–water partition coefficient (Wildman–Crippen LogP) is 2.55. The summed E-state index contributed by atoms with van der Waals surface area (Å²) in [6, 6.07) is 3.77. The second-order valence-electron chi connectivity index (χ2n) is 5.87. The Morgan fingerprint density at radius 1 is 1.16 bits per heavy atom. The van der Waals surface area contributed by atoms with Crippen molar-refractivity contribution in [3.63, 3.8) is 0 Å². The van der Waals surface area contributed by atoms with E-state index in [1.807, 2.05) is 0 Å². The Balaban J connectivity index is 2.04. The molecule has 0 N–H and O–H groups in total. The van der Waals surface area contributed by atoms with Gasteiger partial charge < -0.3 is 14.4 Å². The van der Waals surface area contributed by atoms with Crippen molar-refractivity contribution in [3.05, 3.63) is 33.9 Å². The molecule has 0 bridgehead atoms. The van der Waals surface area contributed by atoms with Gasteiger partial charge in [0.05, 0.1) is 17.6 Å². The summed E-state index contributed by atoms with van der Waals surface area (Å²) in [5.74, 6) is -0.905. The Kier molecular flexibility index (Phi) is 6.73. The molecule has 1 aliphatic heterocycles. The van der Waals surface area contributed by atoms with E-state index < -0.39 is 10.9 Å². The zero-order valence-electron chi connectivity index (χ0n) is 14.2. The minimum absolute atomic E-state index is 0.0435. The van der Waals surface area contributed by atoms with Gasteiger partial charge in [-0.2, -0.15) is 0 Å². The molecule has 1 saturated heterocycles. The molecule has 0 saturated carbocycles. The van der Waals surface area contributed by atoms with Crippen molar-refractivity contribution in [2.75, 3.05) is 26.8 Å². The molecule has 1 fully saturated rings. The topological polar surface area (TPSA) is 99.0 Å². The van der Waals surface area contributed by atoms with Gasteiger partial charge >= 0.3 is 11.7 Å². The Labute approximate surface area is 145 Å². The molecule has 2 rings (SSSR count). The van der Waals surface area contributed by atoms with Gasteiger partial charge in [0.2, 0.25) is 0 Å². The van der Waals surface area contributed by atoms with E-state index in [-0.39, 0.29) is 29.5 Å². The van der Waals surface area contributed by atoms with Gasteiger partial charge in [0, 0.05) is 19.2 Å². The maximum Gasteiger partial charge on any atom is 0.338 e. The Hall–Kier alpha value is -2.64. The number of nitro benzene ring substituents is 1. The second-order valence-corrected chi connectivity index (χ2v) is 5.87. The van der Waals surface area contributed by atoms with Crippen molar-refractivity contribution in [3.8, 4) is 5.75 Å². The molecule has 1 aliphatic rings. The molecule has 8 heteroatoms. The lowest BCUT2D eigenvalue weighted by atomic mass is 10.1. The quantitative estimate of drug-likeness (QED) is 0.460. The first-order valence-electron chi connectivity index (χ1n) is 8.30. The van der Waals surface area contributed by atoms with Crippen molar-refractivity contribution in [2.45, 2.75) is 32.1 Å². The molecular formula is C17H22N2O6. The van der Waals surface area contributed by atoms with Gasteiger partial charge in [0.15, 0.2) is 12.4 Å². The normalized spacial score (nSPS) is 15.0. The van der Waals surface area contributed by atoms with Crippen molar-refractivity contribution >= 4 is 17.6 Å². The number of rotatable bonds is 5. The number of nitrogens with zero attached hydrogens (tertiary/aromatic N) is 2. The molecule has 0 radical (unpaired) electrons. The summed E-state index contributed by atoms with van der Waals surface area (Å²) in [6.45, 7) is 1.11. The monoisotopic (exact) mass is 350 g/mol. The molecule has 0 aliphatic carbocycles. The van der Waals surface area contributed by atoms with E-state index >= 15 is 0 Å². The SMILES string of the molecule is COC(=O)c1ccc(OCC(=O)N2CCCCCCC2)c([N+](=O)[O-])c1. The number of carbonyl (C=O) groups is 2. The van der Waals surface area contributed by atoms with E-state index in [4.69, 9.17) is 4.74 Å². The second kappa shape index (κ2) is 9.00. The molecule has 1 aromatic rings. The summed E-state index contributed by atoms with van der Waals surface area (Å²) in [6.07, 6.45) is 5.31. The number of amides is 1. The van der Waals surface area contributed by atoms with Gasteiger partial charge in [-0.15, -0.1) is 0 Å². The van der Waals surface area contributed by atoms with Gasteiger partial charge in [-0.3, -0.25) is 14.9 Å². The average Bonchev–Trinajstić information content (AvgIpc) is 2.58. The average molecular weight is 350 g/mol. The van der Waals surface area contributed by atoms with Crippen LogP contribution in [0.3, 0.4) is 0 Å². The van der Waals surface area contributed by atoms with Gasteiger partial charge in [0.25, 0.3) is 5.91 Å². The van der Waals surface area contributed by atoms with Crippen LogP contribution in [0.5, 0.6) is 5.75 Å². The molecular weight excluding hydrogens is 328 g/mol. The molecule has 0 aromatic heterocycles. The first kappa shape index (κ1) is 18.7.